The Labute approximate surface area is 162 Å². The summed E-state index contributed by atoms with van der Waals surface area (Å²) in [5.74, 6) is 0.727. The Morgan fingerprint density at radius 2 is 1.93 bits per heavy atom. The van der Waals surface area contributed by atoms with Crippen molar-refractivity contribution in [3.05, 3.63) is 36.4 Å². The number of rotatable bonds is 5. The second-order valence-corrected chi connectivity index (χ2v) is 9.17. The van der Waals surface area contributed by atoms with Gasteiger partial charge in [0.15, 0.2) is 0 Å². The van der Waals surface area contributed by atoms with Gasteiger partial charge in [-0.15, -0.1) is 11.8 Å². The summed E-state index contributed by atoms with van der Waals surface area (Å²) < 4.78 is 38.6. The number of amides is 1. The van der Waals surface area contributed by atoms with Crippen molar-refractivity contribution in [1.82, 2.24) is 0 Å². The fourth-order valence-electron chi connectivity index (χ4n) is 2.69. The van der Waals surface area contributed by atoms with E-state index in [-0.39, 0.29) is 21.7 Å². The van der Waals surface area contributed by atoms with E-state index >= 15 is 0 Å². The van der Waals surface area contributed by atoms with Gasteiger partial charge in [-0.25, -0.2) is 8.42 Å². The summed E-state index contributed by atoms with van der Waals surface area (Å²) >= 11 is 1.54. The highest BCUT2D eigenvalue weighted by Crippen LogP contribution is 2.37. The van der Waals surface area contributed by atoms with Crippen LogP contribution in [0.15, 0.2) is 46.2 Å². The molecule has 1 aliphatic heterocycles. The number of carbonyl (C=O) groups excluding carboxylic acids is 1. The molecule has 0 saturated heterocycles. The van der Waals surface area contributed by atoms with Gasteiger partial charge in [0.2, 0.25) is 5.91 Å². The van der Waals surface area contributed by atoms with Gasteiger partial charge in [0.05, 0.1) is 30.5 Å². The van der Waals surface area contributed by atoms with Crippen LogP contribution in [0.2, 0.25) is 0 Å². The fraction of sp³-hybridized carbons (Fsp3) is 0.278. The Bertz CT molecular complexity index is 976. The number of hydrogen-bond acceptors (Lipinski definition) is 6. The van der Waals surface area contributed by atoms with Crippen molar-refractivity contribution in [3.63, 3.8) is 0 Å². The summed E-state index contributed by atoms with van der Waals surface area (Å²) in [6, 6.07) is 9.52. The molecular formula is C18H20N2O5S2. The third kappa shape index (κ3) is 4.30. The SMILES string of the molecule is COc1ccc(OC)c(NS(=O)(=O)c2ccc3c(c2)NC(=O)C[C@H](C)S3)c1. The van der Waals surface area contributed by atoms with Gasteiger partial charge in [0.1, 0.15) is 11.5 Å². The van der Waals surface area contributed by atoms with E-state index in [1.165, 1.54) is 38.1 Å². The molecule has 0 radical (unpaired) electrons. The molecule has 0 aromatic heterocycles. The molecule has 1 aliphatic rings. The number of sulfonamides is 1. The fourth-order valence-corrected chi connectivity index (χ4v) is 4.83. The van der Waals surface area contributed by atoms with Crippen molar-refractivity contribution in [2.24, 2.45) is 0 Å². The standard InChI is InChI=1S/C18H20N2O5S2/c1-11-8-18(21)19-15-10-13(5-7-17(15)26-11)27(22,23)20-14-9-12(24-2)4-6-16(14)25-3/h4-7,9-11,20H,8H2,1-3H3,(H,19,21)/t11-/m0/s1. The Kier molecular flexibility index (Phi) is 5.52. The summed E-state index contributed by atoms with van der Waals surface area (Å²) in [6.07, 6.45) is 0.376. The van der Waals surface area contributed by atoms with E-state index in [0.29, 0.717) is 23.6 Å². The van der Waals surface area contributed by atoms with Crippen molar-refractivity contribution in [2.45, 2.75) is 28.4 Å². The zero-order valence-corrected chi connectivity index (χ0v) is 16.7. The second kappa shape index (κ2) is 7.69. The lowest BCUT2D eigenvalue weighted by molar-refractivity contribution is -0.116. The van der Waals surface area contributed by atoms with E-state index in [1.807, 2.05) is 6.92 Å². The molecule has 2 aromatic carbocycles. The molecule has 1 atom stereocenters. The number of hydrogen-bond donors (Lipinski definition) is 2. The van der Waals surface area contributed by atoms with Crippen LogP contribution in [0.25, 0.3) is 0 Å². The van der Waals surface area contributed by atoms with Crippen molar-refractivity contribution in [1.29, 1.82) is 0 Å². The van der Waals surface area contributed by atoms with Gasteiger partial charge in [0, 0.05) is 22.6 Å². The Morgan fingerprint density at radius 1 is 1.15 bits per heavy atom. The van der Waals surface area contributed by atoms with Crippen LogP contribution in [0.1, 0.15) is 13.3 Å². The molecule has 3 rings (SSSR count). The quantitative estimate of drug-likeness (QED) is 0.788. The molecule has 0 saturated carbocycles. The van der Waals surface area contributed by atoms with Crippen LogP contribution < -0.4 is 19.5 Å². The van der Waals surface area contributed by atoms with Gasteiger partial charge in [-0.05, 0) is 30.3 Å². The van der Waals surface area contributed by atoms with Crippen molar-refractivity contribution < 1.29 is 22.7 Å². The van der Waals surface area contributed by atoms with E-state index in [4.69, 9.17) is 9.47 Å². The molecule has 0 unspecified atom stereocenters. The Morgan fingerprint density at radius 3 is 2.63 bits per heavy atom. The van der Waals surface area contributed by atoms with Gasteiger partial charge < -0.3 is 14.8 Å². The lowest BCUT2D eigenvalue weighted by Gasteiger charge is -2.14. The maximum Gasteiger partial charge on any atom is 0.262 e. The van der Waals surface area contributed by atoms with Crippen LogP contribution in [0.5, 0.6) is 11.5 Å². The maximum atomic E-state index is 12.9. The number of fused-ring (bicyclic) bond motifs is 1. The number of nitrogens with one attached hydrogen (secondary N) is 2. The normalized spacial score (nSPS) is 16.7. The summed E-state index contributed by atoms with van der Waals surface area (Å²) in [6.45, 7) is 1.96. The van der Waals surface area contributed by atoms with Crippen LogP contribution in [0, 0.1) is 0 Å². The topological polar surface area (TPSA) is 93.7 Å². The largest absolute Gasteiger partial charge is 0.497 e. The average molecular weight is 409 g/mol. The molecule has 2 N–H and O–H groups in total. The second-order valence-electron chi connectivity index (χ2n) is 6.01. The first-order valence-electron chi connectivity index (χ1n) is 8.18. The van der Waals surface area contributed by atoms with Crippen molar-refractivity contribution >= 4 is 39.1 Å². The average Bonchev–Trinajstić information content (AvgIpc) is 2.76. The molecule has 0 aliphatic carbocycles. The number of carbonyl (C=O) groups is 1. The number of benzene rings is 2. The molecule has 27 heavy (non-hydrogen) atoms. The van der Waals surface area contributed by atoms with E-state index < -0.39 is 10.0 Å². The molecule has 7 nitrogen and oxygen atoms in total. The Balaban J connectivity index is 1.96. The van der Waals surface area contributed by atoms with E-state index in [9.17, 15) is 13.2 Å². The molecule has 1 amide bonds. The monoisotopic (exact) mass is 408 g/mol. The van der Waals surface area contributed by atoms with Crippen molar-refractivity contribution in [2.75, 3.05) is 24.3 Å². The summed E-state index contributed by atoms with van der Waals surface area (Å²) in [7, 11) is -0.945. The van der Waals surface area contributed by atoms with Gasteiger partial charge in [0.25, 0.3) is 10.0 Å². The minimum Gasteiger partial charge on any atom is -0.497 e. The lowest BCUT2D eigenvalue weighted by atomic mass is 10.3. The van der Waals surface area contributed by atoms with E-state index in [1.54, 1.807) is 24.3 Å². The van der Waals surface area contributed by atoms with Crippen molar-refractivity contribution in [3.8, 4) is 11.5 Å². The molecule has 0 bridgehead atoms. The summed E-state index contributed by atoms with van der Waals surface area (Å²) in [4.78, 5) is 12.8. The van der Waals surface area contributed by atoms with Gasteiger partial charge in [-0.1, -0.05) is 6.92 Å². The van der Waals surface area contributed by atoms with Crippen LogP contribution in [-0.2, 0) is 14.8 Å². The predicted molar refractivity (Wildman–Crippen MR) is 105 cm³/mol. The number of ether oxygens (including phenoxy) is 2. The maximum absolute atomic E-state index is 12.9. The van der Waals surface area contributed by atoms with Gasteiger partial charge >= 0.3 is 0 Å². The van der Waals surface area contributed by atoms with Gasteiger partial charge in [-0.3, -0.25) is 9.52 Å². The highest BCUT2D eigenvalue weighted by atomic mass is 32.2. The molecule has 144 valence electrons. The third-order valence-corrected chi connectivity index (χ3v) is 6.53. The molecule has 0 spiro atoms. The molecule has 2 aromatic rings. The zero-order chi connectivity index (χ0) is 19.6. The minimum atomic E-state index is -3.89. The van der Waals surface area contributed by atoms with Crippen LogP contribution in [0.3, 0.4) is 0 Å². The highest BCUT2D eigenvalue weighted by molar-refractivity contribution is 8.00. The summed E-state index contributed by atoms with van der Waals surface area (Å²) in [5, 5.41) is 2.89. The molecule has 0 fully saturated rings. The first-order valence-corrected chi connectivity index (χ1v) is 10.5. The summed E-state index contributed by atoms with van der Waals surface area (Å²) in [5.41, 5.74) is 0.758. The predicted octanol–water partition coefficient (Wildman–Crippen LogP) is 3.33. The number of thioether (sulfide) groups is 1. The van der Waals surface area contributed by atoms with Crippen LogP contribution in [-0.4, -0.2) is 33.8 Å². The van der Waals surface area contributed by atoms with Gasteiger partial charge in [-0.2, -0.15) is 0 Å². The lowest BCUT2D eigenvalue weighted by Crippen LogP contribution is -2.15. The molecule has 9 heteroatoms. The smallest absolute Gasteiger partial charge is 0.262 e. The zero-order valence-electron chi connectivity index (χ0n) is 15.1. The highest BCUT2D eigenvalue weighted by Gasteiger charge is 2.23. The molecule has 1 heterocycles. The number of anilines is 2. The minimum absolute atomic E-state index is 0.0431. The van der Waals surface area contributed by atoms with E-state index in [0.717, 1.165) is 4.90 Å². The van der Waals surface area contributed by atoms with E-state index in [2.05, 4.69) is 10.0 Å². The Hall–Kier alpha value is -2.39. The van der Waals surface area contributed by atoms with Crippen LogP contribution in [0.4, 0.5) is 11.4 Å². The number of methoxy groups -OCH3 is 2. The molecular weight excluding hydrogens is 388 g/mol. The first-order chi connectivity index (χ1) is 12.8. The third-order valence-electron chi connectivity index (χ3n) is 3.99. The van der Waals surface area contributed by atoms with Crippen LogP contribution >= 0.6 is 11.8 Å². The first kappa shape index (κ1) is 19.4.